The number of thioether (sulfide) groups is 1. The Labute approximate surface area is 133 Å². The molecule has 0 bridgehead atoms. The SMILES string of the molecule is Nc1ccc(SCCS(=O)(=O)Nc2ccc(Cl)cn2)cc1. The monoisotopic (exact) mass is 343 g/mol. The molecule has 0 spiro atoms. The number of nitrogens with zero attached hydrogens (tertiary/aromatic N) is 1. The molecule has 0 amide bonds. The minimum atomic E-state index is -3.43. The summed E-state index contributed by atoms with van der Waals surface area (Å²) in [6.45, 7) is 0. The van der Waals surface area contributed by atoms with Crippen LogP contribution in [0.5, 0.6) is 0 Å². The van der Waals surface area contributed by atoms with E-state index in [0.29, 0.717) is 16.5 Å². The normalized spacial score (nSPS) is 11.3. The van der Waals surface area contributed by atoms with Gasteiger partial charge >= 0.3 is 0 Å². The van der Waals surface area contributed by atoms with Gasteiger partial charge in [0.1, 0.15) is 5.82 Å². The van der Waals surface area contributed by atoms with Crippen LogP contribution in [0.1, 0.15) is 0 Å². The zero-order chi connectivity index (χ0) is 15.3. The van der Waals surface area contributed by atoms with Crippen molar-refractivity contribution in [1.82, 2.24) is 4.98 Å². The number of hydrogen-bond donors (Lipinski definition) is 2. The van der Waals surface area contributed by atoms with Crippen LogP contribution in [0.3, 0.4) is 0 Å². The van der Waals surface area contributed by atoms with E-state index in [1.807, 2.05) is 12.1 Å². The van der Waals surface area contributed by atoms with E-state index in [9.17, 15) is 8.42 Å². The van der Waals surface area contributed by atoms with Crippen molar-refractivity contribution in [2.24, 2.45) is 0 Å². The van der Waals surface area contributed by atoms with Crippen molar-refractivity contribution in [2.45, 2.75) is 4.90 Å². The summed E-state index contributed by atoms with van der Waals surface area (Å²) in [5.74, 6) is 0.691. The molecule has 8 heteroatoms. The van der Waals surface area contributed by atoms with Crippen LogP contribution in [-0.4, -0.2) is 24.9 Å². The molecule has 1 aromatic carbocycles. The number of sulfonamides is 1. The molecule has 1 heterocycles. The molecule has 0 saturated heterocycles. The molecule has 0 aliphatic carbocycles. The Morgan fingerprint density at radius 2 is 1.90 bits per heavy atom. The Morgan fingerprint density at radius 1 is 1.19 bits per heavy atom. The second-order valence-electron chi connectivity index (χ2n) is 4.20. The predicted octanol–water partition coefficient (Wildman–Crippen LogP) is 2.85. The van der Waals surface area contributed by atoms with Crippen molar-refractivity contribution in [2.75, 3.05) is 22.0 Å². The van der Waals surface area contributed by atoms with E-state index in [1.54, 1.807) is 18.2 Å². The zero-order valence-corrected chi connectivity index (χ0v) is 13.4. The van der Waals surface area contributed by atoms with Gasteiger partial charge in [0.25, 0.3) is 0 Å². The summed E-state index contributed by atoms with van der Waals surface area (Å²) in [5.41, 5.74) is 6.27. The Bertz CT molecular complexity index is 688. The van der Waals surface area contributed by atoms with Gasteiger partial charge in [-0.3, -0.25) is 4.72 Å². The zero-order valence-electron chi connectivity index (χ0n) is 11.0. The lowest BCUT2D eigenvalue weighted by atomic mass is 10.3. The maximum atomic E-state index is 11.9. The van der Waals surface area contributed by atoms with Gasteiger partial charge in [-0.05, 0) is 36.4 Å². The van der Waals surface area contributed by atoms with Crippen LogP contribution in [0, 0.1) is 0 Å². The summed E-state index contributed by atoms with van der Waals surface area (Å²) < 4.78 is 26.2. The van der Waals surface area contributed by atoms with Gasteiger partial charge in [-0.1, -0.05) is 11.6 Å². The first-order valence-electron chi connectivity index (χ1n) is 6.05. The minimum absolute atomic E-state index is 0.00759. The molecule has 0 unspecified atom stereocenters. The van der Waals surface area contributed by atoms with Gasteiger partial charge in [0.15, 0.2) is 0 Å². The Kier molecular flexibility index (Phi) is 5.33. The van der Waals surface area contributed by atoms with Crippen molar-refractivity contribution >= 4 is 44.9 Å². The van der Waals surface area contributed by atoms with E-state index in [0.717, 1.165) is 4.90 Å². The number of halogens is 1. The first-order valence-corrected chi connectivity index (χ1v) is 9.06. The van der Waals surface area contributed by atoms with Crippen LogP contribution < -0.4 is 10.5 Å². The van der Waals surface area contributed by atoms with Crippen LogP contribution >= 0.6 is 23.4 Å². The van der Waals surface area contributed by atoms with Crippen molar-refractivity contribution < 1.29 is 8.42 Å². The number of rotatable bonds is 6. The molecule has 112 valence electrons. The van der Waals surface area contributed by atoms with Gasteiger partial charge in [0, 0.05) is 22.5 Å². The molecule has 21 heavy (non-hydrogen) atoms. The first-order chi connectivity index (χ1) is 9.94. The lowest BCUT2D eigenvalue weighted by Gasteiger charge is -2.07. The quantitative estimate of drug-likeness (QED) is 0.622. The summed E-state index contributed by atoms with van der Waals surface area (Å²) in [6.07, 6.45) is 1.39. The van der Waals surface area contributed by atoms with Crippen molar-refractivity contribution in [3.8, 4) is 0 Å². The molecule has 0 aliphatic rings. The number of anilines is 2. The summed E-state index contributed by atoms with van der Waals surface area (Å²) in [4.78, 5) is 4.87. The number of nitrogen functional groups attached to an aromatic ring is 1. The van der Waals surface area contributed by atoms with E-state index in [-0.39, 0.29) is 11.6 Å². The fraction of sp³-hybridized carbons (Fsp3) is 0.154. The fourth-order valence-corrected chi connectivity index (χ4v) is 3.91. The van der Waals surface area contributed by atoms with Gasteiger partial charge in [0.2, 0.25) is 10.0 Å². The highest BCUT2D eigenvalue weighted by Gasteiger charge is 2.11. The Hall–Kier alpha value is -1.44. The van der Waals surface area contributed by atoms with Crippen LogP contribution in [-0.2, 0) is 10.0 Å². The van der Waals surface area contributed by atoms with Crippen molar-refractivity contribution in [3.05, 3.63) is 47.6 Å². The molecule has 0 fully saturated rings. The summed E-state index contributed by atoms with van der Waals surface area (Å²) in [7, 11) is -3.43. The third-order valence-electron chi connectivity index (χ3n) is 2.49. The maximum Gasteiger partial charge on any atom is 0.234 e. The third-order valence-corrected chi connectivity index (χ3v) is 5.25. The molecule has 2 rings (SSSR count). The Balaban J connectivity index is 1.86. The molecule has 5 nitrogen and oxygen atoms in total. The predicted molar refractivity (Wildman–Crippen MR) is 88.2 cm³/mol. The number of benzene rings is 1. The number of aromatic nitrogens is 1. The average molecular weight is 344 g/mol. The number of pyridine rings is 1. The van der Waals surface area contributed by atoms with Crippen molar-refractivity contribution in [1.29, 1.82) is 0 Å². The van der Waals surface area contributed by atoms with E-state index in [2.05, 4.69) is 9.71 Å². The highest BCUT2D eigenvalue weighted by Crippen LogP contribution is 2.19. The molecular formula is C13H14ClN3O2S2. The minimum Gasteiger partial charge on any atom is -0.399 e. The summed E-state index contributed by atoms with van der Waals surface area (Å²) in [6, 6.07) is 10.4. The molecule has 3 N–H and O–H groups in total. The smallest absolute Gasteiger partial charge is 0.234 e. The molecule has 0 aliphatic heterocycles. The molecule has 0 atom stereocenters. The molecule has 2 aromatic rings. The molecule has 0 saturated carbocycles. The van der Waals surface area contributed by atoms with E-state index in [1.165, 1.54) is 24.0 Å². The molecular weight excluding hydrogens is 330 g/mol. The lowest BCUT2D eigenvalue weighted by molar-refractivity contribution is 0.602. The fourth-order valence-electron chi connectivity index (χ4n) is 1.48. The first kappa shape index (κ1) is 15.9. The van der Waals surface area contributed by atoms with Crippen LogP contribution in [0.2, 0.25) is 5.02 Å². The van der Waals surface area contributed by atoms with Crippen molar-refractivity contribution in [3.63, 3.8) is 0 Å². The third kappa shape index (κ3) is 5.45. The topological polar surface area (TPSA) is 85.1 Å². The number of hydrogen-bond acceptors (Lipinski definition) is 5. The van der Waals surface area contributed by atoms with Gasteiger partial charge in [-0.2, -0.15) is 0 Å². The standard InChI is InChI=1S/C13H14ClN3O2S2/c14-10-1-6-13(16-9-10)17-21(18,19)8-7-20-12-4-2-11(15)3-5-12/h1-6,9H,7-8,15H2,(H,16,17). The Morgan fingerprint density at radius 3 is 2.52 bits per heavy atom. The number of nitrogens with one attached hydrogen (secondary N) is 1. The van der Waals surface area contributed by atoms with Crippen LogP contribution in [0.15, 0.2) is 47.5 Å². The summed E-state index contributed by atoms with van der Waals surface area (Å²) in [5, 5.41) is 0.455. The highest BCUT2D eigenvalue weighted by atomic mass is 35.5. The van der Waals surface area contributed by atoms with Gasteiger partial charge in [-0.25, -0.2) is 13.4 Å². The number of nitrogens with two attached hydrogens (primary N) is 1. The van der Waals surface area contributed by atoms with Crippen LogP contribution in [0.25, 0.3) is 0 Å². The van der Waals surface area contributed by atoms with Gasteiger partial charge in [-0.15, -0.1) is 11.8 Å². The average Bonchev–Trinajstić information content (AvgIpc) is 2.43. The van der Waals surface area contributed by atoms with Gasteiger partial charge in [0.05, 0.1) is 10.8 Å². The van der Waals surface area contributed by atoms with E-state index in [4.69, 9.17) is 17.3 Å². The van der Waals surface area contributed by atoms with Gasteiger partial charge < -0.3 is 5.73 Å². The molecule has 0 radical (unpaired) electrons. The maximum absolute atomic E-state index is 11.9. The largest absolute Gasteiger partial charge is 0.399 e. The highest BCUT2D eigenvalue weighted by molar-refractivity contribution is 8.01. The van der Waals surface area contributed by atoms with E-state index < -0.39 is 10.0 Å². The second kappa shape index (κ2) is 7.02. The van der Waals surface area contributed by atoms with E-state index >= 15 is 0 Å². The summed E-state index contributed by atoms with van der Waals surface area (Å²) >= 11 is 7.15. The lowest BCUT2D eigenvalue weighted by Crippen LogP contribution is -2.18. The molecule has 1 aromatic heterocycles. The second-order valence-corrected chi connectivity index (χ2v) is 7.65. The van der Waals surface area contributed by atoms with Crippen LogP contribution in [0.4, 0.5) is 11.5 Å².